The number of thiazole rings is 1. The molecule has 3 heterocycles. The van der Waals surface area contributed by atoms with Crippen LogP contribution in [0.5, 0.6) is 5.19 Å². The molecule has 3 aromatic rings. The summed E-state index contributed by atoms with van der Waals surface area (Å²) in [6.45, 7) is 0.184. The highest BCUT2D eigenvalue weighted by molar-refractivity contribution is 7.20. The molecule has 1 saturated carbocycles. The molecule has 0 bridgehead atoms. The van der Waals surface area contributed by atoms with E-state index in [1.807, 2.05) is 54.6 Å². The van der Waals surface area contributed by atoms with E-state index in [4.69, 9.17) is 16.3 Å². The highest BCUT2D eigenvalue weighted by Gasteiger charge is 2.61. The molecule has 11 heteroatoms. The maximum Gasteiger partial charge on any atom is 0.330 e. The second-order valence-electron chi connectivity index (χ2n) is 11.3. The fraction of sp³-hybridized carbons (Fsp3) is 0.419. The number of anilines is 1. The number of halogens is 1. The van der Waals surface area contributed by atoms with Crippen molar-refractivity contribution >= 4 is 56.6 Å². The number of benzene rings is 2. The van der Waals surface area contributed by atoms with E-state index >= 15 is 0 Å². The maximum atomic E-state index is 14.2. The van der Waals surface area contributed by atoms with Gasteiger partial charge in [0.25, 0.3) is 5.19 Å². The van der Waals surface area contributed by atoms with Crippen LogP contribution in [0.2, 0.25) is 5.02 Å². The van der Waals surface area contributed by atoms with Crippen LogP contribution in [0.15, 0.2) is 60.7 Å². The number of hydrogen-bond donors (Lipinski definition) is 3. The molecule has 3 N–H and O–H groups in total. The monoisotopic (exact) mass is 608 g/mol. The van der Waals surface area contributed by atoms with Gasteiger partial charge in [-0.1, -0.05) is 66.1 Å². The molecular weight excluding hydrogens is 576 g/mol. The number of hydrogen-bond acceptors (Lipinski definition) is 7. The van der Waals surface area contributed by atoms with Crippen molar-refractivity contribution in [2.75, 3.05) is 11.9 Å². The number of para-hydroxylation sites is 1. The van der Waals surface area contributed by atoms with Crippen molar-refractivity contribution in [2.45, 2.75) is 68.7 Å². The molecule has 0 unspecified atom stereocenters. The number of nitrogens with zero attached hydrogens (tertiary/aromatic N) is 2. The van der Waals surface area contributed by atoms with Gasteiger partial charge in [0.15, 0.2) is 0 Å². The van der Waals surface area contributed by atoms with Gasteiger partial charge in [0.1, 0.15) is 23.7 Å². The first kappa shape index (κ1) is 28.5. The van der Waals surface area contributed by atoms with Crippen molar-refractivity contribution in [1.82, 2.24) is 15.2 Å². The van der Waals surface area contributed by atoms with Gasteiger partial charge < -0.3 is 25.4 Å². The maximum absolute atomic E-state index is 14.2. The Balaban J connectivity index is 1.28. The van der Waals surface area contributed by atoms with Gasteiger partial charge in [0.2, 0.25) is 11.8 Å². The number of fused-ring (bicyclic) bond motifs is 3. The molecule has 42 heavy (non-hydrogen) atoms. The van der Waals surface area contributed by atoms with E-state index in [0.29, 0.717) is 23.1 Å². The van der Waals surface area contributed by atoms with Gasteiger partial charge in [-0.05, 0) is 56.0 Å². The molecule has 1 aliphatic carbocycles. The van der Waals surface area contributed by atoms with Crippen LogP contribution < -0.4 is 15.4 Å². The number of allylic oxidation sites excluding steroid dienone is 1. The lowest BCUT2D eigenvalue weighted by molar-refractivity contribution is -0.145. The first-order chi connectivity index (χ1) is 20.3. The number of rotatable bonds is 5. The van der Waals surface area contributed by atoms with Crippen LogP contribution in [0.25, 0.3) is 10.2 Å². The van der Waals surface area contributed by atoms with Crippen molar-refractivity contribution in [3.63, 3.8) is 0 Å². The average Bonchev–Trinajstić information content (AvgIpc) is 3.29. The molecule has 6 rings (SSSR count). The van der Waals surface area contributed by atoms with Gasteiger partial charge in [-0.15, -0.1) is 0 Å². The number of aliphatic carboxylic acids is 1. The van der Waals surface area contributed by atoms with E-state index in [-0.39, 0.29) is 24.8 Å². The molecule has 3 aliphatic rings. The van der Waals surface area contributed by atoms with Crippen LogP contribution in [0.1, 0.15) is 44.9 Å². The molecule has 1 aromatic heterocycles. The minimum atomic E-state index is -1.35. The SMILES string of the molecule is O=C1N[C@]2(C(=O)O)C[C@H]2/C=C\CCCCC[C@H](Nc2ccccc2)C(=O)N2C[C@H](Oc3nc4ccc(Cl)cc4s3)C[C@@H]12. The highest BCUT2D eigenvalue weighted by atomic mass is 35.5. The number of carbonyl (C=O) groups is 3. The molecule has 2 aliphatic heterocycles. The van der Waals surface area contributed by atoms with Crippen LogP contribution in [0.4, 0.5) is 5.69 Å². The number of carboxylic acids is 1. The fourth-order valence-electron chi connectivity index (χ4n) is 5.95. The first-order valence-electron chi connectivity index (χ1n) is 14.4. The summed E-state index contributed by atoms with van der Waals surface area (Å²) in [5, 5.41) is 17.3. The first-order valence-corrected chi connectivity index (χ1v) is 15.6. The van der Waals surface area contributed by atoms with E-state index in [0.717, 1.165) is 41.6 Å². The van der Waals surface area contributed by atoms with E-state index in [2.05, 4.69) is 15.6 Å². The van der Waals surface area contributed by atoms with Gasteiger partial charge in [0, 0.05) is 23.0 Å². The standard InChI is InChI=1S/C31H33ClN4O5S/c32-20-13-14-23-26(15-20)42-30(34-23)41-22-16-25-27(37)35-31(29(39)40)17-19(31)9-5-2-1-3-8-12-24(28(38)36(25)18-22)33-21-10-6-4-7-11-21/h4-7,9-11,13-15,19,22,24-25,33H,1-3,8,12,16-18H2,(H,35,37)(H,39,40)/b9-5-/t19-,22-,24+,25+,31-/m1/s1. The average molecular weight is 609 g/mol. The lowest BCUT2D eigenvalue weighted by Crippen LogP contribution is -2.55. The summed E-state index contributed by atoms with van der Waals surface area (Å²) >= 11 is 7.49. The summed E-state index contributed by atoms with van der Waals surface area (Å²) in [5.74, 6) is -2.01. The summed E-state index contributed by atoms with van der Waals surface area (Å²) in [5.41, 5.74) is 0.225. The molecule has 0 radical (unpaired) electrons. The molecule has 9 nitrogen and oxygen atoms in total. The van der Waals surface area contributed by atoms with Gasteiger partial charge in [-0.2, -0.15) is 0 Å². The number of carbonyl (C=O) groups excluding carboxylic acids is 2. The van der Waals surface area contributed by atoms with Crippen molar-refractivity contribution in [3.8, 4) is 5.19 Å². The van der Waals surface area contributed by atoms with Crippen LogP contribution in [0.3, 0.4) is 0 Å². The van der Waals surface area contributed by atoms with Gasteiger partial charge in [-0.25, -0.2) is 9.78 Å². The number of aromatic nitrogens is 1. The molecule has 0 spiro atoms. The molecule has 5 atom stereocenters. The quantitative estimate of drug-likeness (QED) is 0.338. The highest BCUT2D eigenvalue weighted by Crippen LogP contribution is 2.45. The van der Waals surface area contributed by atoms with Crippen molar-refractivity contribution in [1.29, 1.82) is 0 Å². The van der Waals surface area contributed by atoms with Gasteiger partial charge >= 0.3 is 5.97 Å². The molecule has 2 fully saturated rings. The second-order valence-corrected chi connectivity index (χ2v) is 12.7. The lowest BCUT2D eigenvalue weighted by atomic mass is 10.0. The van der Waals surface area contributed by atoms with Crippen LogP contribution in [-0.4, -0.2) is 63.0 Å². The molecular formula is C31H33ClN4O5S. The Hall–Kier alpha value is -3.63. The normalized spacial score (nSPS) is 29.0. The van der Waals surface area contributed by atoms with Crippen LogP contribution in [0, 0.1) is 5.92 Å². The van der Waals surface area contributed by atoms with E-state index < -0.39 is 35.6 Å². The number of nitrogens with one attached hydrogen (secondary N) is 2. The Morgan fingerprint density at radius 3 is 2.81 bits per heavy atom. The van der Waals surface area contributed by atoms with Crippen LogP contribution >= 0.6 is 22.9 Å². The van der Waals surface area contributed by atoms with Crippen LogP contribution in [-0.2, 0) is 14.4 Å². The number of carboxylic acid groups (broad SMARTS) is 1. The predicted molar refractivity (Wildman–Crippen MR) is 162 cm³/mol. The molecule has 2 aromatic carbocycles. The smallest absolute Gasteiger partial charge is 0.330 e. The van der Waals surface area contributed by atoms with Crippen molar-refractivity contribution in [2.24, 2.45) is 5.92 Å². The second kappa shape index (κ2) is 11.9. The zero-order chi connectivity index (χ0) is 29.3. The summed E-state index contributed by atoms with van der Waals surface area (Å²) in [6, 6.07) is 13.5. The summed E-state index contributed by atoms with van der Waals surface area (Å²) in [4.78, 5) is 46.4. The fourth-order valence-corrected chi connectivity index (χ4v) is 7.11. The molecule has 2 amide bonds. The van der Waals surface area contributed by atoms with E-state index in [9.17, 15) is 19.5 Å². The zero-order valence-corrected chi connectivity index (χ0v) is 24.6. The third-order valence-electron chi connectivity index (χ3n) is 8.33. The van der Waals surface area contributed by atoms with E-state index in [1.54, 1.807) is 11.0 Å². The Morgan fingerprint density at radius 1 is 1.17 bits per heavy atom. The Kier molecular flexibility index (Phi) is 8.09. The zero-order valence-electron chi connectivity index (χ0n) is 23.0. The third-order valence-corrected chi connectivity index (χ3v) is 9.48. The van der Waals surface area contributed by atoms with Gasteiger partial charge in [-0.3, -0.25) is 9.59 Å². The predicted octanol–water partition coefficient (Wildman–Crippen LogP) is 5.26. The largest absolute Gasteiger partial charge is 0.479 e. The number of ether oxygens (including phenoxy) is 1. The summed E-state index contributed by atoms with van der Waals surface area (Å²) < 4.78 is 7.12. The Labute approximate surface area is 252 Å². The van der Waals surface area contributed by atoms with Gasteiger partial charge in [0.05, 0.1) is 16.8 Å². The Morgan fingerprint density at radius 2 is 2.00 bits per heavy atom. The Bertz CT molecular complexity index is 1510. The number of amides is 2. The molecule has 220 valence electrons. The lowest BCUT2D eigenvalue weighted by Gasteiger charge is -2.30. The topological polar surface area (TPSA) is 121 Å². The van der Waals surface area contributed by atoms with Crippen molar-refractivity contribution in [3.05, 3.63) is 65.7 Å². The van der Waals surface area contributed by atoms with E-state index in [1.165, 1.54) is 11.3 Å². The summed E-state index contributed by atoms with van der Waals surface area (Å²) in [6.07, 6.45) is 8.15. The third kappa shape index (κ3) is 5.96. The molecule has 1 saturated heterocycles. The summed E-state index contributed by atoms with van der Waals surface area (Å²) in [7, 11) is 0. The minimum absolute atomic E-state index is 0.184. The minimum Gasteiger partial charge on any atom is -0.479 e. The van der Waals surface area contributed by atoms with Crippen molar-refractivity contribution < 1.29 is 24.2 Å².